The van der Waals surface area contributed by atoms with Gasteiger partial charge in [0.15, 0.2) is 0 Å². The monoisotopic (exact) mass is 170 g/mol. The van der Waals surface area contributed by atoms with Crippen LogP contribution in [0.5, 0.6) is 5.88 Å². The minimum absolute atomic E-state index is 0.0966. The summed E-state index contributed by atoms with van der Waals surface area (Å²) in [5.41, 5.74) is 0.0966. The third-order valence-electron chi connectivity index (χ3n) is 1.48. The van der Waals surface area contributed by atoms with E-state index < -0.39 is 5.97 Å². The van der Waals surface area contributed by atoms with Gasteiger partial charge in [0, 0.05) is 12.7 Å². The highest BCUT2D eigenvalue weighted by molar-refractivity contribution is 5.89. The van der Waals surface area contributed by atoms with Crippen LogP contribution < -0.4 is 4.74 Å². The van der Waals surface area contributed by atoms with Crippen LogP contribution in [0.2, 0.25) is 0 Å². The van der Waals surface area contributed by atoms with Gasteiger partial charge in [0.05, 0.1) is 7.11 Å². The summed E-state index contributed by atoms with van der Waals surface area (Å²) in [6.45, 7) is 2.50. The fourth-order valence-electron chi connectivity index (χ4n) is 0.863. The molecule has 0 bridgehead atoms. The molecule has 5 nitrogen and oxygen atoms in total. The minimum atomic E-state index is -1.02. The lowest BCUT2D eigenvalue weighted by atomic mass is 10.3. The molecule has 0 saturated carbocycles. The second kappa shape index (κ2) is 3.25. The van der Waals surface area contributed by atoms with Crippen LogP contribution in [0, 0.1) is 0 Å². The van der Waals surface area contributed by atoms with Gasteiger partial charge in [0.1, 0.15) is 5.56 Å². The highest BCUT2D eigenvalue weighted by Crippen LogP contribution is 2.14. The molecule has 12 heavy (non-hydrogen) atoms. The van der Waals surface area contributed by atoms with Crippen molar-refractivity contribution in [3.63, 3.8) is 0 Å². The molecular weight excluding hydrogens is 160 g/mol. The summed E-state index contributed by atoms with van der Waals surface area (Å²) in [6.07, 6.45) is 1.45. The fourth-order valence-corrected chi connectivity index (χ4v) is 0.863. The van der Waals surface area contributed by atoms with Gasteiger partial charge < -0.3 is 9.84 Å². The molecule has 1 aromatic rings. The van der Waals surface area contributed by atoms with E-state index in [-0.39, 0.29) is 11.4 Å². The fraction of sp³-hybridized carbons (Fsp3) is 0.429. The Labute approximate surface area is 69.6 Å². The Balaban J connectivity index is 3.08. The quantitative estimate of drug-likeness (QED) is 0.721. The molecule has 0 aliphatic carbocycles. The molecular formula is C7H10N2O3. The average molecular weight is 170 g/mol. The van der Waals surface area contributed by atoms with E-state index >= 15 is 0 Å². The van der Waals surface area contributed by atoms with E-state index in [4.69, 9.17) is 9.84 Å². The molecule has 1 N–H and O–H groups in total. The summed E-state index contributed by atoms with van der Waals surface area (Å²) in [4.78, 5) is 10.6. The lowest BCUT2D eigenvalue weighted by Gasteiger charge is -1.93. The Bertz CT molecular complexity index is 293. The second-order valence-electron chi connectivity index (χ2n) is 2.21. The van der Waals surface area contributed by atoms with E-state index in [1.807, 2.05) is 6.92 Å². The highest BCUT2D eigenvalue weighted by atomic mass is 16.5. The first-order valence-corrected chi connectivity index (χ1v) is 3.53. The number of rotatable bonds is 3. The Morgan fingerprint density at radius 1 is 1.83 bits per heavy atom. The van der Waals surface area contributed by atoms with Crippen LogP contribution in [-0.4, -0.2) is 28.0 Å². The van der Waals surface area contributed by atoms with E-state index in [0.29, 0.717) is 6.54 Å². The highest BCUT2D eigenvalue weighted by Gasteiger charge is 2.14. The third-order valence-corrected chi connectivity index (χ3v) is 1.48. The normalized spacial score (nSPS) is 9.83. The van der Waals surface area contributed by atoms with Crippen molar-refractivity contribution >= 4 is 5.97 Å². The van der Waals surface area contributed by atoms with E-state index in [1.54, 1.807) is 0 Å². The number of methoxy groups -OCH3 is 1. The summed E-state index contributed by atoms with van der Waals surface area (Å²) in [7, 11) is 1.40. The molecule has 0 aliphatic rings. The van der Waals surface area contributed by atoms with Crippen LogP contribution in [0.4, 0.5) is 0 Å². The van der Waals surface area contributed by atoms with Crippen LogP contribution in [0.15, 0.2) is 6.20 Å². The number of hydrogen-bond acceptors (Lipinski definition) is 3. The Hall–Kier alpha value is -1.52. The van der Waals surface area contributed by atoms with E-state index in [0.717, 1.165) is 0 Å². The molecule has 1 aromatic heterocycles. The summed E-state index contributed by atoms with van der Waals surface area (Å²) < 4.78 is 6.29. The maximum absolute atomic E-state index is 10.6. The molecule has 66 valence electrons. The first kappa shape index (κ1) is 8.58. The predicted molar refractivity (Wildman–Crippen MR) is 41.4 cm³/mol. The van der Waals surface area contributed by atoms with Gasteiger partial charge in [-0.1, -0.05) is 0 Å². The number of aromatic carboxylic acids is 1. The van der Waals surface area contributed by atoms with Gasteiger partial charge in [-0.2, -0.15) is 0 Å². The van der Waals surface area contributed by atoms with Gasteiger partial charge in [-0.25, -0.2) is 4.79 Å². The summed E-state index contributed by atoms with van der Waals surface area (Å²) in [5, 5.41) is 12.6. The maximum atomic E-state index is 10.6. The summed E-state index contributed by atoms with van der Waals surface area (Å²) >= 11 is 0. The van der Waals surface area contributed by atoms with Crippen molar-refractivity contribution in [2.24, 2.45) is 0 Å². The number of carboxylic acid groups (broad SMARTS) is 1. The van der Waals surface area contributed by atoms with Gasteiger partial charge in [-0.05, 0) is 6.92 Å². The summed E-state index contributed by atoms with van der Waals surface area (Å²) in [6, 6.07) is 0. The second-order valence-corrected chi connectivity index (χ2v) is 2.21. The van der Waals surface area contributed by atoms with Gasteiger partial charge in [0.25, 0.3) is 0 Å². The Kier molecular flexibility index (Phi) is 2.32. The summed E-state index contributed by atoms with van der Waals surface area (Å²) in [5.74, 6) is -0.865. The molecule has 0 radical (unpaired) electrons. The molecule has 0 spiro atoms. The third kappa shape index (κ3) is 1.39. The van der Waals surface area contributed by atoms with E-state index in [1.165, 1.54) is 18.0 Å². The molecule has 0 aliphatic heterocycles. The zero-order valence-corrected chi connectivity index (χ0v) is 6.94. The van der Waals surface area contributed by atoms with Crippen molar-refractivity contribution in [3.8, 4) is 5.88 Å². The number of carboxylic acids is 1. The smallest absolute Gasteiger partial charge is 0.342 e. The molecule has 1 heterocycles. The van der Waals surface area contributed by atoms with Crippen LogP contribution in [0.1, 0.15) is 17.3 Å². The van der Waals surface area contributed by atoms with Crippen molar-refractivity contribution in [1.82, 2.24) is 9.78 Å². The first-order chi connectivity index (χ1) is 5.69. The topological polar surface area (TPSA) is 64.4 Å². The molecule has 5 heteroatoms. The van der Waals surface area contributed by atoms with Crippen molar-refractivity contribution < 1.29 is 14.6 Å². The van der Waals surface area contributed by atoms with Gasteiger partial charge in [-0.15, -0.1) is 5.10 Å². The molecule has 0 aromatic carbocycles. The molecule has 0 fully saturated rings. The SMILES string of the molecule is CCn1cc(C(=O)O)c(OC)n1. The number of hydrogen-bond donors (Lipinski definition) is 1. The Morgan fingerprint density at radius 3 is 2.83 bits per heavy atom. The molecule has 0 amide bonds. The molecule has 0 atom stereocenters. The first-order valence-electron chi connectivity index (χ1n) is 3.53. The van der Waals surface area contributed by atoms with Crippen LogP contribution >= 0.6 is 0 Å². The average Bonchev–Trinajstić information content (AvgIpc) is 2.47. The van der Waals surface area contributed by atoms with Gasteiger partial charge >= 0.3 is 5.97 Å². The molecule has 0 saturated heterocycles. The Morgan fingerprint density at radius 2 is 2.50 bits per heavy atom. The largest absolute Gasteiger partial charge is 0.479 e. The van der Waals surface area contributed by atoms with E-state index in [9.17, 15) is 4.79 Å². The molecule has 1 rings (SSSR count). The zero-order valence-electron chi connectivity index (χ0n) is 6.94. The van der Waals surface area contributed by atoms with Gasteiger partial charge in [-0.3, -0.25) is 4.68 Å². The number of ether oxygens (including phenoxy) is 1. The standard InChI is InChI=1S/C7H10N2O3/c1-3-9-4-5(7(10)11)6(8-9)12-2/h4H,3H2,1-2H3,(H,10,11). The van der Waals surface area contributed by atoms with Crippen molar-refractivity contribution in [1.29, 1.82) is 0 Å². The number of nitrogens with zero attached hydrogens (tertiary/aromatic N) is 2. The predicted octanol–water partition coefficient (Wildman–Crippen LogP) is 0.610. The lowest BCUT2D eigenvalue weighted by Crippen LogP contribution is -1.97. The zero-order chi connectivity index (χ0) is 9.14. The van der Waals surface area contributed by atoms with Gasteiger partial charge in [0.2, 0.25) is 5.88 Å². The van der Waals surface area contributed by atoms with E-state index in [2.05, 4.69) is 5.10 Å². The van der Waals surface area contributed by atoms with Crippen LogP contribution in [0.25, 0.3) is 0 Å². The van der Waals surface area contributed by atoms with Crippen molar-refractivity contribution in [3.05, 3.63) is 11.8 Å². The maximum Gasteiger partial charge on any atom is 0.342 e. The van der Waals surface area contributed by atoms with Crippen LogP contribution in [-0.2, 0) is 6.54 Å². The van der Waals surface area contributed by atoms with Crippen LogP contribution in [0.3, 0.4) is 0 Å². The van der Waals surface area contributed by atoms with Crippen molar-refractivity contribution in [2.45, 2.75) is 13.5 Å². The molecule has 0 unspecified atom stereocenters. The number of aromatic nitrogens is 2. The lowest BCUT2D eigenvalue weighted by molar-refractivity contribution is 0.0693. The minimum Gasteiger partial charge on any atom is -0.479 e. The number of carbonyl (C=O) groups is 1. The number of aryl methyl sites for hydroxylation is 1. The van der Waals surface area contributed by atoms with Crippen molar-refractivity contribution in [2.75, 3.05) is 7.11 Å².